The first-order valence-electron chi connectivity index (χ1n) is 8.30. The van der Waals surface area contributed by atoms with Crippen LogP contribution in [0.1, 0.15) is 31.2 Å². The predicted molar refractivity (Wildman–Crippen MR) is 84.7 cm³/mol. The average molecular weight is 321 g/mol. The van der Waals surface area contributed by atoms with Gasteiger partial charge in [0, 0.05) is 25.0 Å². The summed E-state index contributed by atoms with van der Waals surface area (Å²) in [5, 5.41) is 2.82. The number of nitrogens with zero attached hydrogens (tertiary/aromatic N) is 2. The van der Waals surface area contributed by atoms with Gasteiger partial charge in [-0.3, -0.25) is 9.88 Å². The molecule has 0 aromatic carbocycles. The summed E-state index contributed by atoms with van der Waals surface area (Å²) in [7, 11) is 0. The van der Waals surface area contributed by atoms with Crippen LogP contribution in [0.2, 0.25) is 0 Å². The molecule has 5 nitrogen and oxygen atoms in total. The minimum atomic E-state index is -0.630. The van der Waals surface area contributed by atoms with Crippen LogP contribution in [0, 0.1) is 5.41 Å². The fraction of sp³-hybridized carbons (Fsp3) is 0.647. The standard InChI is InChI=1S/C17H24FN3O2/c18-5-9-23-16(22)20-15-10-17(11-15)3-7-21(8-4-17)13-14-2-1-6-19-12-14/h1-2,6,12,15H,3-5,7-11,13H2,(H,20,22). The molecule has 0 unspecified atom stereocenters. The first-order chi connectivity index (χ1) is 11.2. The third-order valence-electron chi connectivity index (χ3n) is 5.04. The Bertz CT molecular complexity index is 510. The molecule has 1 aromatic heterocycles. The van der Waals surface area contributed by atoms with E-state index in [2.05, 4.69) is 21.3 Å². The lowest BCUT2D eigenvalue weighted by Gasteiger charge is -2.52. The molecule has 1 saturated carbocycles. The first kappa shape index (κ1) is 16.2. The van der Waals surface area contributed by atoms with Gasteiger partial charge >= 0.3 is 6.09 Å². The van der Waals surface area contributed by atoms with Crippen molar-refractivity contribution in [1.29, 1.82) is 0 Å². The lowest BCUT2D eigenvalue weighted by molar-refractivity contribution is 0.00313. The van der Waals surface area contributed by atoms with Gasteiger partial charge in [-0.1, -0.05) is 6.07 Å². The Labute approximate surface area is 136 Å². The van der Waals surface area contributed by atoms with E-state index in [1.54, 1.807) is 6.20 Å². The van der Waals surface area contributed by atoms with E-state index in [1.807, 2.05) is 12.3 Å². The van der Waals surface area contributed by atoms with Crippen molar-refractivity contribution in [3.63, 3.8) is 0 Å². The summed E-state index contributed by atoms with van der Waals surface area (Å²) in [5.74, 6) is 0. The minimum absolute atomic E-state index is 0.160. The highest BCUT2D eigenvalue weighted by Gasteiger charge is 2.46. The first-order valence-corrected chi connectivity index (χ1v) is 8.30. The molecule has 1 saturated heterocycles. The summed E-state index contributed by atoms with van der Waals surface area (Å²) in [6, 6.07) is 4.28. The van der Waals surface area contributed by atoms with Crippen molar-refractivity contribution in [3.8, 4) is 0 Å². The third kappa shape index (κ3) is 4.19. The molecular weight excluding hydrogens is 297 g/mol. The highest BCUT2D eigenvalue weighted by Crippen LogP contribution is 2.49. The van der Waals surface area contributed by atoms with Crippen LogP contribution >= 0.6 is 0 Å². The van der Waals surface area contributed by atoms with Gasteiger partial charge in [-0.15, -0.1) is 0 Å². The van der Waals surface area contributed by atoms with E-state index in [9.17, 15) is 9.18 Å². The Hall–Kier alpha value is -1.69. The largest absolute Gasteiger partial charge is 0.447 e. The fourth-order valence-electron chi connectivity index (χ4n) is 3.77. The van der Waals surface area contributed by atoms with E-state index >= 15 is 0 Å². The number of hydrogen-bond donors (Lipinski definition) is 1. The number of aromatic nitrogens is 1. The summed E-state index contributed by atoms with van der Waals surface area (Å²) in [6.07, 6.45) is 7.61. The molecule has 1 spiro atoms. The second-order valence-corrected chi connectivity index (χ2v) is 6.71. The van der Waals surface area contributed by atoms with Gasteiger partial charge in [0.1, 0.15) is 13.3 Å². The zero-order chi connectivity index (χ0) is 16.1. The maximum Gasteiger partial charge on any atom is 0.407 e. The number of carbonyl (C=O) groups is 1. The van der Waals surface area contributed by atoms with Gasteiger partial charge in [0.25, 0.3) is 0 Å². The summed E-state index contributed by atoms with van der Waals surface area (Å²) in [4.78, 5) is 18.1. The molecular formula is C17H24FN3O2. The van der Waals surface area contributed by atoms with Gasteiger partial charge < -0.3 is 10.1 Å². The van der Waals surface area contributed by atoms with Gasteiger partial charge in [0.2, 0.25) is 0 Å². The average Bonchev–Trinajstić information content (AvgIpc) is 2.54. The van der Waals surface area contributed by atoms with Crippen molar-refractivity contribution in [2.45, 2.75) is 38.3 Å². The van der Waals surface area contributed by atoms with Gasteiger partial charge in [-0.05, 0) is 55.8 Å². The van der Waals surface area contributed by atoms with E-state index in [4.69, 9.17) is 4.74 Å². The number of rotatable bonds is 5. The van der Waals surface area contributed by atoms with Crippen molar-refractivity contribution in [1.82, 2.24) is 15.2 Å². The molecule has 2 fully saturated rings. The molecule has 2 heterocycles. The number of amides is 1. The van der Waals surface area contributed by atoms with Crippen LogP contribution in [0.25, 0.3) is 0 Å². The lowest BCUT2D eigenvalue weighted by atomic mass is 9.60. The summed E-state index contributed by atoms with van der Waals surface area (Å²) >= 11 is 0. The number of ether oxygens (including phenoxy) is 1. The van der Waals surface area contributed by atoms with E-state index in [0.29, 0.717) is 5.41 Å². The van der Waals surface area contributed by atoms with Crippen LogP contribution in [0.4, 0.5) is 9.18 Å². The molecule has 1 aliphatic carbocycles. The van der Waals surface area contributed by atoms with Gasteiger partial charge in [-0.25, -0.2) is 9.18 Å². The number of halogens is 1. The molecule has 6 heteroatoms. The van der Waals surface area contributed by atoms with E-state index < -0.39 is 12.8 Å². The molecule has 0 radical (unpaired) electrons. The van der Waals surface area contributed by atoms with E-state index in [0.717, 1.165) is 32.5 Å². The summed E-state index contributed by atoms with van der Waals surface area (Å²) < 4.78 is 16.7. The normalized spacial score (nSPS) is 20.9. The Morgan fingerprint density at radius 2 is 2.22 bits per heavy atom. The highest BCUT2D eigenvalue weighted by atomic mass is 19.1. The van der Waals surface area contributed by atoms with Gasteiger partial charge in [-0.2, -0.15) is 0 Å². The minimum Gasteiger partial charge on any atom is -0.447 e. The van der Waals surface area contributed by atoms with Crippen molar-refractivity contribution in [2.75, 3.05) is 26.4 Å². The second kappa shape index (κ2) is 7.25. The number of hydrogen-bond acceptors (Lipinski definition) is 4. The van der Waals surface area contributed by atoms with Crippen molar-refractivity contribution in [2.24, 2.45) is 5.41 Å². The monoisotopic (exact) mass is 321 g/mol. The molecule has 0 bridgehead atoms. The zero-order valence-corrected chi connectivity index (χ0v) is 13.3. The van der Waals surface area contributed by atoms with Crippen LogP contribution in [0.5, 0.6) is 0 Å². The molecule has 0 atom stereocenters. The number of carbonyl (C=O) groups excluding carboxylic acids is 1. The maximum atomic E-state index is 12.0. The zero-order valence-electron chi connectivity index (χ0n) is 13.3. The molecule has 1 aromatic rings. The molecule has 23 heavy (non-hydrogen) atoms. The van der Waals surface area contributed by atoms with Crippen molar-refractivity contribution >= 4 is 6.09 Å². The molecule has 2 aliphatic rings. The number of pyridine rings is 1. The summed E-state index contributed by atoms with van der Waals surface area (Å²) in [6.45, 7) is 2.35. The van der Waals surface area contributed by atoms with Crippen LogP contribution < -0.4 is 5.32 Å². The van der Waals surface area contributed by atoms with Gasteiger partial charge in [0.15, 0.2) is 0 Å². The maximum absolute atomic E-state index is 12.0. The number of alkyl halides is 1. The molecule has 1 N–H and O–H groups in total. The molecule has 3 rings (SSSR count). The third-order valence-corrected chi connectivity index (χ3v) is 5.04. The summed E-state index contributed by atoms with van der Waals surface area (Å²) in [5.41, 5.74) is 1.64. The van der Waals surface area contributed by atoms with Crippen LogP contribution in [0.15, 0.2) is 24.5 Å². The van der Waals surface area contributed by atoms with Gasteiger partial charge in [0.05, 0.1) is 0 Å². The number of likely N-dealkylation sites (tertiary alicyclic amines) is 1. The van der Waals surface area contributed by atoms with Crippen molar-refractivity contribution < 1.29 is 13.9 Å². The van der Waals surface area contributed by atoms with Crippen molar-refractivity contribution in [3.05, 3.63) is 30.1 Å². The molecule has 126 valence electrons. The molecule has 1 aliphatic heterocycles. The SMILES string of the molecule is O=C(NC1CC2(CCN(Cc3cccnc3)CC2)C1)OCCF. The Balaban J connectivity index is 1.38. The van der Waals surface area contributed by atoms with E-state index in [1.165, 1.54) is 18.4 Å². The topological polar surface area (TPSA) is 54.5 Å². The molecule has 1 amide bonds. The Kier molecular flexibility index (Phi) is 5.10. The van der Waals surface area contributed by atoms with Crippen LogP contribution in [-0.2, 0) is 11.3 Å². The number of piperidine rings is 1. The second-order valence-electron chi connectivity index (χ2n) is 6.71. The Morgan fingerprint density at radius 3 is 2.87 bits per heavy atom. The smallest absolute Gasteiger partial charge is 0.407 e. The van der Waals surface area contributed by atoms with E-state index in [-0.39, 0.29) is 12.6 Å². The quantitative estimate of drug-likeness (QED) is 0.905. The van der Waals surface area contributed by atoms with Crippen LogP contribution in [0.3, 0.4) is 0 Å². The highest BCUT2D eigenvalue weighted by molar-refractivity contribution is 5.67. The predicted octanol–water partition coefficient (Wildman–Crippen LogP) is 2.52. The Morgan fingerprint density at radius 1 is 1.43 bits per heavy atom. The van der Waals surface area contributed by atoms with Crippen LogP contribution in [-0.4, -0.2) is 48.4 Å². The number of nitrogens with one attached hydrogen (secondary N) is 1. The number of alkyl carbamates (subject to hydrolysis) is 1. The fourth-order valence-corrected chi connectivity index (χ4v) is 3.77. The lowest BCUT2D eigenvalue weighted by Crippen LogP contribution is -2.54.